The second-order valence-electron chi connectivity index (χ2n) is 6.11. The normalized spacial score (nSPS) is 20.3. The van der Waals surface area contributed by atoms with Gasteiger partial charge in [-0.25, -0.2) is 4.39 Å². The lowest BCUT2D eigenvalue weighted by atomic mass is 9.78. The van der Waals surface area contributed by atoms with Crippen molar-refractivity contribution >= 4 is 18.3 Å². The van der Waals surface area contributed by atoms with E-state index in [0.717, 1.165) is 44.6 Å². The van der Waals surface area contributed by atoms with Crippen molar-refractivity contribution in [3.63, 3.8) is 0 Å². The molecule has 116 valence electrons. The van der Waals surface area contributed by atoms with Crippen molar-refractivity contribution in [1.29, 1.82) is 0 Å². The van der Waals surface area contributed by atoms with Crippen LogP contribution in [-0.2, 0) is 11.2 Å². The molecule has 5 heteroatoms. The molecule has 2 fully saturated rings. The van der Waals surface area contributed by atoms with E-state index >= 15 is 0 Å². The van der Waals surface area contributed by atoms with Crippen LogP contribution in [0.1, 0.15) is 24.8 Å². The average Bonchev–Trinajstić information content (AvgIpc) is 2.90. The smallest absolute Gasteiger partial charge is 0.226 e. The second kappa shape index (κ2) is 6.75. The number of hydrogen-bond donors (Lipinski definition) is 1. The lowest BCUT2D eigenvalue weighted by molar-refractivity contribution is -0.132. The molecule has 1 spiro atoms. The number of piperidine rings is 1. The molecule has 2 aliphatic heterocycles. The van der Waals surface area contributed by atoms with Gasteiger partial charge in [0.05, 0.1) is 6.42 Å². The Hall–Kier alpha value is -1.13. The van der Waals surface area contributed by atoms with E-state index in [9.17, 15) is 9.18 Å². The maximum Gasteiger partial charge on any atom is 0.226 e. The van der Waals surface area contributed by atoms with Crippen molar-refractivity contribution in [2.75, 3.05) is 26.2 Å². The van der Waals surface area contributed by atoms with Crippen LogP contribution in [0.15, 0.2) is 24.3 Å². The number of carbonyl (C=O) groups excluding carboxylic acids is 1. The molecule has 2 heterocycles. The molecule has 1 amide bonds. The first kappa shape index (κ1) is 16.2. The Morgan fingerprint density at radius 2 is 1.86 bits per heavy atom. The number of benzene rings is 1. The van der Waals surface area contributed by atoms with Crippen molar-refractivity contribution in [2.24, 2.45) is 5.41 Å². The quantitative estimate of drug-likeness (QED) is 0.909. The van der Waals surface area contributed by atoms with E-state index in [1.807, 2.05) is 4.90 Å². The summed E-state index contributed by atoms with van der Waals surface area (Å²) in [5, 5.41) is 3.43. The highest BCUT2D eigenvalue weighted by Crippen LogP contribution is 2.36. The highest BCUT2D eigenvalue weighted by molar-refractivity contribution is 5.85. The van der Waals surface area contributed by atoms with Gasteiger partial charge < -0.3 is 10.2 Å². The van der Waals surface area contributed by atoms with Crippen molar-refractivity contribution in [2.45, 2.75) is 25.7 Å². The Labute approximate surface area is 131 Å². The molecule has 3 rings (SSSR count). The fraction of sp³-hybridized carbons (Fsp3) is 0.562. The topological polar surface area (TPSA) is 32.3 Å². The van der Waals surface area contributed by atoms with Crippen molar-refractivity contribution in [3.05, 3.63) is 35.6 Å². The van der Waals surface area contributed by atoms with Crippen LogP contribution in [0.5, 0.6) is 0 Å². The van der Waals surface area contributed by atoms with E-state index in [1.165, 1.54) is 18.6 Å². The molecule has 0 saturated carbocycles. The number of likely N-dealkylation sites (tertiary alicyclic amines) is 1. The van der Waals surface area contributed by atoms with E-state index < -0.39 is 0 Å². The molecule has 2 aliphatic rings. The Morgan fingerprint density at radius 3 is 2.43 bits per heavy atom. The van der Waals surface area contributed by atoms with Gasteiger partial charge in [-0.15, -0.1) is 12.4 Å². The number of nitrogens with zero attached hydrogens (tertiary/aromatic N) is 1. The Bertz CT molecular complexity index is 476. The summed E-state index contributed by atoms with van der Waals surface area (Å²) < 4.78 is 12.8. The number of amides is 1. The zero-order valence-corrected chi connectivity index (χ0v) is 12.9. The van der Waals surface area contributed by atoms with Gasteiger partial charge in [-0.1, -0.05) is 12.1 Å². The van der Waals surface area contributed by atoms with Gasteiger partial charge >= 0.3 is 0 Å². The molecule has 1 aromatic carbocycles. The molecule has 0 unspecified atom stereocenters. The van der Waals surface area contributed by atoms with E-state index in [-0.39, 0.29) is 24.1 Å². The molecule has 0 aromatic heterocycles. The first-order valence-corrected chi connectivity index (χ1v) is 7.40. The first-order valence-electron chi connectivity index (χ1n) is 7.40. The summed E-state index contributed by atoms with van der Waals surface area (Å²) >= 11 is 0. The fourth-order valence-electron chi connectivity index (χ4n) is 3.34. The molecular formula is C16H22ClFN2O. The fourth-order valence-corrected chi connectivity index (χ4v) is 3.34. The standard InChI is InChI=1S/C16H21FN2O.ClH/c17-14-3-1-13(2-4-14)11-15(20)19-9-6-16(7-10-19)5-8-18-12-16;/h1-4,18H,5-12H2;1H. The van der Waals surface area contributed by atoms with E-state index in [0.29, 0.717) is 11.8 Å². The van der Waals surface area contributed by atoms with Crippen LogP contribution < -0.4 is 5.32 Å². The number of rotatable bonds is 2. The minimum Gasteiger partial charge on any atom is -0.342 e. The van der Waals surface area contributed by atoms with Crippen molar-refractivity contribution in [1.82, 2.24) is 10.2 Å². The molecule has 0 bridgehead atoms. The lowest BCUT2D eigenvalue weighted by Crippen LogP contribution is -2.44. The highest BCUT2D eigenvalue weighted by Gasteiger charge is 2.37. The van der Waals surface area contributed by atoms with Gasteiger partial charge in [-0.2, -0.15) is 0 Å². The molecule has 3 nitrogen and oxygen atoms in total. The number of hydrogen-bond acceptors (Lipinski definition) is 2. The van der Waals surface area contributed by atoms with Gasteiger partial charge in [-0.3, -0.25) is 4.79 Å². The van der Waals surface area contributed by atoms with E-state index in [2.05, 4.69) is 5.32 Å². The Balaban J connectivity index is 0.00000161. The number of halogens is 2. The number of nitrogens with one attached hydrogen (secondary N) is 1. The van der Waals surface area contributed by atoms with Gasteiger partial charge in [0.2, 0.25) is 5.91 Å². The molecule has 0 aliphatic carbocycles. The lowest BCUT2D eigenvalue weighted by Gasteiger charge is -2.39. The van der Waals surface area contributed by atoms with Gasteiger partial charge in [0.15, 0.2) is 0 Å². The number of carbonyl (C=O) groups is 1. The summed E-state index contributed by atoms with van der Waals surface area (Å²) in [7, 11) is 0. The molecule has 1 N–H and O–H groups in total. The average molecular weight is 313 g/mol. The maximum absolute atomic E-state index is 12.8. The monoisotopic (exact) mass is 312 g/mol. The van der Waals surface area contributed by atoms with Crippen LogP contribution >= 0.6 is 12.4 Å². The van der Waals surface area contributed by atoms with Gasteiger partial charge in [0.1, 0.15) is 5.82 Å². The van der Waals surface area contributed by atoms with Crippen molar-refractivity contribution < 1.29 is 9.18 Å². The van der Waals surface area contributed by atoms with Gasteiger partial charge in [0.25, 0.3) is 0 Å². The largest absolute Gasteiger partial charge is 0.342 e. The van der Waals surface area contributed by atoms with Crippen molar-refractivity contribution in [3.8, 4) is 0 Å². The summed E-state index contributed by atoms with van der Waals surface area (Å²) in [6.07, 6.45) is 3.84. The zero-order valence-electron chi connectivity index (χ0n) is 12.1. The SMILES string of the molecule is Cl.O=C(Cc1ccc(F)cc1)N1CCC2(CCNC2)CC1. The molecule has 2 saturated heterocycles. The van der Waals surface area contributed by atoms with E-state index in [4.69, 9.17) is 0 Å². The van der Waals surface area contributed by atoms with Crippen LogP contribution in [0.4, 0.5) is 4.39 Å². The first-order chi connectivity index (χ1) is 9.67. The zero-order chi connectivity index (χ0) is 14.0. The van der Waals surface area contributed by atoms with Gasteiger partial charge in [-0.05, 0) is 48.9 Å². The highest BCUT2D eigenvalue weighted by atomic mass is 35.5. The summed E-state index contributed by atoms with van der Waals surface area (Å²) in [4.78, 5) is 14.2. The van der Waals surface area contributed by atoms with Crippen LogP contribution in [-0.4, -0.2) is 37.0 Å². The molecule has 21 heavy (non-hydrogen) atoms. The maximum atomic E-state index is 12.8. The summed E-state index contributed by atoms with van der Waals surface area (Å²) in [6.45, 7) is 3.94. The minimum atomic E-state index is -0.255. The molecule has 0 atom stereocenters. The molecular weight excluding hydrogens is 291 g/mol. The van der Waals surface area contributed by atoms with Crippen LogP contribution in [0.25, 0.3) is 0 Å². The van der Waals surface area contributed by atoms with E-state index in [1.54, 1.807) is 12.1 Å². The third kappa shape index (κ3) is 3.74. The van der Waals surface area contributed by atoms with Crippen LogP contribution in [0.2, 0.25) is 0 Å². The predicted octanol–water partition coefficient (Wildman–Crippen LogP) is 2.39. The van der Waals surface area contributed by atoms with Gasteiger partial charge in [0, 0.05) is 19.6 Å². The third-order valence-electron chi connectivity index (χ3n) is 4.78. The summed E-state index contributed by atoms with van der Waals surface area (Å²) in [5.74, 6) is -0.0905. The predicted molar refractivity (Wildman–Crippen MR) is 83.1 cm³/mol. The third-order valence-corrected chi connectivity index (χ3v) is 4.78. The molecule has 1 aromatic rings. The Morgan fingerprint density at radius 1 is 1.19 bits per heavy atom. The van der Waals surface area contributed by atoms with Crippen LogP contribution in [0, 0.1) is 11.2 Å². The summed E-state index contributed by atoms with van der Waals surface area (Å²) in [5.41, 5.74) is 1.33. The van der Waals surface area contributed by atoms with Crippen LogP contribution in [0.3, 0.4) is 0 Å². The second-order valence-corrected chi connectivity index (χ2v) is 6.11. The summed E-state index contributed by atoms with van der Waals surface area (Å²) in [6, 6.07) is 6.22. The molecule has 0 radical (unpaired) electrons. The minimum absolute atomic E-state index is 0. The Kier molecular flexibility index (Phi) is 5.22.